The maximum Gasteiger partial charge on any atom is 0.326 e. The van der Waals surface area contributed by atoms with Crippen molar-refractivity contribution >= 4 is 11.7 Å². The Morgan fingerprint density at radius 3 is 2.86 bits per heavy atom. The second-order valence-electron chi connectivity index (χ2n) is 6.23. The number of aryl methyl sites for hydroxylation is 1. The number of hydrogen-bond donors (Lipinski definition) is 2. The van der Waals surface area contributed by atoms with Crippen LogP contribution in [0.3, 0.4) is 0 Å². The van der Waals surface area contributed by atoms with Gasteiger partial charge < -0.3 is 15.3 Å². The van der Waals surface area contributed by atoms with E-state index in [1.54, 1.807) is 0 Å². The van der Waals surface area contributed by atoms with Crippen LogP contribution in [0.5, 0.6) is 0 Å². The number of carbonyl (C=O) groups is 1. The van der Waals surface area contributed by atoms with Gasteiger partial charge in [-0.2, -0.15) is 0 Å². The van der Waals surface area contributed by atoms with E-state index in [4.69, 9.17) is 0 Å². The molecule has 0 aromatic heterocycles. The van der Waals surface area contributed by atoms with Gasteiger partial charge in [-0.25, -0.2) is 0 Å². The Bertz CT molecular complexity index is 527. The third-order valence-electron chi connectivity index (χ3n) is 4.79. The second kappa shape index (κ2) is 5.68. The highest BCUT2D eigenvalue weighted by Gasteiger charge is 2.51. The van der Waals surface area contributed by atoms with E-state index in [9.17, 15) is 9.90 Å². The average molecular weight is 288 g/mol. The minimum atomic E-state index is -0.792. The SMILES string of the molecule is CCNC(CN1CCCc2ccccc21)(C(=O)O)C1CC1. The first-order chi connectivity index (χ1) is 10.2. The molecule has 2 aliphatic rings. The first kappa shape index (κ1) is 14.4. The molecule has 1 heterocycles. The van der Waals surface area contributed by atoms with Gasteiger partial charge in [-0.3, -0.25) is 4.79 Å². The van der Waals surface area contributed by atoms with Gasteiger partial charge in [-0.1, -0.05) is 25.1 Å². The molecule has 0 bridgehead atoms. The van der Waals surface area contributed by atoms with Gasteiger partial charge in [-0.05, 0) is 49.8 Å². The first-order valence-electron chi connectivity index (χ1n) is 7.98. The molecule has 2 N–H and O–H groups in total. The summed E-state index contributed by atoms with van der Waals surface area (Å²) in [6.07, 6.45) is 4.24. The number of likely N-dealkylation sites (N-methyl/N-ethyl adjacent to an activating group) is 1. The van der Waals surface area contributed by atoms with E-state index in [1.165, 1.54) is 11.3 Å². The van der Waals surface area contributed by atoms with Crippen LogP contribution < -0.4 is 10.2 Å². The van der Waals surface area contributed by atoms with Crippen molar-refractivity contribution in [2.75, 3.05) is 24.5 Å². The van der Waals surface area contributed by atoms with Crippen molar-refractivity contribution in [3.63, 3.8) is 0 Å². The fraction of sp³-hybridized carbons (Fsp3) is 0.588. The van der Waals surface area contributed by atoms with Crippen molar-refractivity contribution in [3.05, 3.63) is 29.8 Å². The fourth-order valence-corrected chi connectivity index (χ4v) is 3.62. The van der Waals surface area contributed by atoms with Crippen LogP contribution in [0.4, 0.5) is 5.69 Å². The standard InChI is InChI=1S/C17H24N2O2/c1-2-18-17(16(20)21,14-9-10-14)12-19-11-5-7-13-6-3-4-8-15(13)19/h3-4,6,8,14,18H,2,5,7,9-12H2,1H3,(H,20,21). The number of fused-ring (bicyclic) bond motifs is 1. The molecule has 1 fully saturated rings. The number of para-hydroxylation sites is 1. The summed E-state index contributed by atoms with van der Waals surface area (Å²) in [5.74, 6) is -0.432. The minimum absolute atomic E-state index is 0.268. The summed E-state index contributed by atoms with van der Waals surface area (Å²) in [4.78, 5) is 14.3. The highest BCUT2D eigenvalue weighted by Crippen LogP contribution is 2.41. The number of benzene rings is 1. The molecule has 114 valence electrons. The summed E-state index contributed by atoms with van der Waals surface area (Å²) in [5.41, 5.74) is 1.77. The normalized spacial score (nSPS) is 20.7. The Morgan fingerprint density at radius 1 is 1.43 bits per heavy atom. The molecule has 4 nitrogen and oxygen atoms in total. The van der Waals surface area contributed by atoms with Gasteiger partial charge in [0.15, 0.2) is 0 Å². The smallest absolute Gasteiger partial charge is 0.326 e. The Kier molecular flexibility index (Phi) is 3.89. The van der Waals surface area contributed by atoms with Crippen molar-refractivity contribution in [1.82, 2.24) is 5.32 Å². The zero-order valence-corrected chi connectivity index (χ0v) is 12.6. The van der Waals surface area contributed by atoms with E-state index in [-0.39, 0.29) is 5.92 Å². The van der Waals surface area contributed by atoms with Gasteiger partial charge >= 0.3 is 5.97 Å². The van der Waals surface area contributed by atoms with E-state index in [0.717, 1.165) is 32.2 Å². The lowest BCUT2D eigenvalue weighted by atomic mass is 9.90. The number of hydrogen-bond acceptors (Lipinski definition) is 3. The number of rotatable bonds is 6. The first-order valence-corrected chi connectivity index (χ1v) is 7.98. The molecule has 0 saturated heterocycles. The van der Waals surface area contributed by atoms with Crippen molar-refractivity contribution in [1.29, 1.82) is 0 Å². The number of anilines is 1. The molecule has 1 aliphatic heterocycles. The summed E-state index contributed by atoms with van der Waals surface area (Å²) in [6.45, 7) is 4.20. The van der Waals surface area contributed by atoms with Crippen molar-refractivity contribution in [3.8, 4) is 0 Å². The van der Waals surface area contributed by atoms with E-state index < -0.39 is 11.5 Å². The van der Waals surface area contributed by atoms with Crippen LogP contribution in [0.25, 0.3) is 0 Å². The molecule has 0 amide bonds. The van der Waals surface area contributed by atoms with E-state index in [0.29, 0.717) is 13.1 Å². The molecular weight excluding hydrogens is 264 g/mol. The Hall–Kier alpha value is -1.55. The highest BCUT2D eigenvalue weighted by molar-refractivity contribution is 5.81. The zero-order valence-electron chi connectivity index (χ0n) is 12.6. The molecule has 1 atom stereocenters. The number of carboxylic acids is 1. The van der Waals surface area contributed by atoms with Crippen LogP contribution in [0.1, 0.15) is 31.7 Å². The van der Waals surface area contributed by atoms with Gasteiger partial charge in [0, 0.05) is 18.8 Å². The van der Waals surface area contributed by atoms with Crippen molar-refractivity contribution in [2.24, 2.45) is 5.92 Å². The lowest BCUT2D eigenvalue weighted by Crippen LogP contribution is -2.61. The van der Waals surface area contributed by atoms with Crippen LogP contribution >= 0.6 is 0 Å². The lowest BCUT2D eigenvalue weighted by Gasteiger charge is -2.39. The van der Waals surface area contributed by atoms with E-state index in [2.05, 4.69) is 28.4 Å². The predicted molar refractivity (Wildman–Crippen MR) is 83.7 cm³/mol. The quantitative estimate of drug-likeness (QED) is 0.843. The molecule has 1 unspecified atom stereocenters. The van der Waals surface area contributed by atoms with E-state index >= 15 is 0 Å². The number of nitrogens with zero attached hydrogens (tertiary/aromatic N) is 1. The highest BCUT2D eigenvalue weighted by atomic mass is 16.4. The number of nitrogens with one attached hydrogen (secondary N) is 1. The monoisotopic (exact) mass is 288 g/mol. The molecule has 1 aliphatic carbocycles. The van der Waals surface area contributed by atoms with Crippen LogP contribution in [-0.2, 0) is 11.2 Å². The summed E-state index contributed by atoms with van der Waals surface area (Å²) in [5, 5.41) is 13.1. The lowest BCUT2D eigenvalue weighted by molar-refractivity contribution is -0.145. The molecule has 0 spiro atoms. The largest absolute Gasteiger partial charge is 0.480 e. The van der Waals surface area contributed by atoms with Crippen LogP contribution in [0.2, 0.25) is 0 Å². The molecule has 1 saturated carbocycles. The third-order valence-corrected chi connectivity index (χ3v) is 4.79. The Morgan fingerprint density at radius 2 is 2.19 bits per heavy atom. The topological polar surface area (TPSA) is 52.6 Å². The van der Waals surface area contributed by atoms with Crippen molar-refractivity contribution < 1.29 is 9.90 Å². The maximum atomic E-state index is 12.0. The molecule has 0 radical (unpaired) electrons. The van der Waals surface area contributed by atoms with Crippen LogP contribution in [0.15, 0.2) is 24.3 Å². The second-order valence-corrected chi connectivity index (χ2v) is 6.23. The molecular formula is C17H24N2O2. The van der Waals surface area contributed by atoms with Gasteiger partial charge in [0.05, 0.1) is 0 Å². The summed E-state index contributed by atoms with van der Waals surface area (Å²) in [7, 11) is 0. The summed E-state index contributed by atoms with van der Waals surface area (Å²) < 4.78 is 0. The molecule has 21 heavy (non-hydrogen) atoms. The fourth-order valence-electron chi connectivity index (χ4n) is 3.62. The van der Waals surface area contributed by atoms with Crippen molar-refractivity contribution in [2.45, 2.75) is 38.1 Å². The minimum Gasteiger partial charge on any atom is -0.480 e. The summed E-state index contributed by atoms with van der Waals surface area (Å²) >= 11 is 0. The maximum absolute atomic E-state index is 12.0. The predicted octanol–water partition coefficient (Wildman–Crippen LogP) is 2.28. The molecule has 1 aromatic rings. The van der Waals surface area contributed by atoms with Gasteiger partial charge in [0.1, 0.15) is 5.54 Å². The number of carboxylic acid groups (broad SMARTS) is 1. The Balaban J connectivity index is 1.88. The third kappa shape index (κ3) is 2.64. The number of aliphatic carboxylic acids is 1. The van der Waals surface area contributed by atoms with Crippen LogP contribution in [-0.4, -0.2) is 36.2 Å². The zero-order chi connectivity index (χ0) is 14.9. The molecule has 4 heteroatoms. The molecule has 3 rings (SSSR count). The van der Waals surface area contributed by atoms with Gasteiger partial charge in [-0.15, -0.1) is 0 Å². The van der Waals surface area contributed by atoms with Crippen LogP contribution in [0, 0.1) is 5.92 Å². The summed E-state index contributed by atoms with van der Waals surface area (Å²) in [6, 6.07) is 8.40. The van der Waals surface area contributed by atoms with Gasteiger partial charge in [0.2, 0.25) is 0 Å². The van der Waals surface area contributed by atoms with Gasteiger partial charge in [0.25, 0.3) is 0 Å². The average Bonchev–Trinajstić information content (AvgIpc) is 3.32. The Labute approximate surface area is 126 Å². The van der Waals surface area contributed by atoms with E-state index in [1.807, 2.05) is 13.0 Å². The molecule has 1 aromatic carbocycles.